The Morgan fingerprint density at radius 2 is 2.00 bits per heavy atom. The van der Waals surface area contributed by atoms with E-state index >= 15 is 0 Å². The van der Waals surface area contributed by atoms with Gasteiger partial charge in [-0.3, -0.25) is 4.79 Å². The summed E-state index contributed by atoms with van der Waals surface area (Å²) in [7, 11) is 0. The van der Waals surface area contributed by atoms with Gasteiger partial charge in [-0.25, -0.2) is 4.98 Å². The van der Waals surface area contributed by atoms with Gasteiger partial charge in [0.1, 0.15) is 29.3 Å². The number of nitriles is 1. The first-order valence-electron chi connectivity index (χ1n) is 9.66. The maximum absolute atomic E-state index is 12.5. The highest BCUT2D eigenvalue weighted by atomic mass is 32.2. The third kappa shape index (κ3) is 3.95. The standard InChI is InChI=1S/C22H21N3O3S2/c1-4-14-7-15-8-18-19(28-6-5-27-18)9-17(15)24-21(14)29-11-20(26)25-22-16(10-23)12(2)13(3)30-22/h7-9H,4-6,11H2,1-3H3,(H,25,26). The highest BCUT2D eigenvalue weighted by molar-refractivity contribution is 8.00. The Morgan fingerprint density at radius 1 is 1.27 bits per heavy atom. The second-order valence-electron chi connectivity index (χ2n) is 6.93. The second kappa shape index (κ2) is 8.54. The SMILES string of the molecule is CCc1cc2cc3c(cc2nc1SCC(=O)Nc1sc(C)c(C)c1C#N)OCCO3. The van der Waals surface area contributed by atoms with E-state index in [4.69, 9.17) is 14.5 Å². The zero-order valence-corrected chi connectivity index (χ0v) is 18.6. The van der Waals surface area contributed by atoms with Gasteiger partial charge in [-0.15, -0.1) is 11.3 Å². The molecule has 0 saturated heterocycles. The molecule has 1 amide bonds. The summed E-state index contributed by atoms with van der Waals surface area (Å²) < 4.78 is 11.3. The van der Waals surface area contributed by atoms with E-state index in [2.05, 4.69) is 24.4 Å². The molecule has 0 spiro atoms. The second-order valence-corrected chi connectivity index (χ2v) is 9.12. The number of pyridine rings is 1. The van der Waals surface area contributed by atoms with Crippen molar-refractivity contribution in [3.05, 3.63) is 39.8 Å². The Balaban J connectivity index is 1.54. The molecule has 0 aliphatic carbocycles. The van der Waals surface area contributed by atoms with Gasteiger partial charge in [0.05, 0.1) is 16.8 Å². The first-order chi connectivity index (χ1) is 14.5. The highest BCUT2D eigenvalue weighted by Gasteiger charge is 2.17. The molecule has 6 nitrogen and oxygen atoms in total. The lowest BCUT2D eigenvalue weighted by Crippen LogP contribution is -2.15. The summed E-state index contributed by atoms with van der Waals surface area (Å²) in [6.45, 7) is 6.99. The van der Waals surface area contributed by atoms with Crippen molar-refractivity contribution < 1.29 is 14.3 Å². The Morgan fingerprint density at radius 3 is 2.70 bits per heavy atom. The fraction of sp³-hybridized carbons (Fsp3) is 0.318. The number of benzene rings is 1. The summed E-state index contributed by atoms with van der Waals surface area (Å²) in [5, 5.41) is 14.7. The topological polar surface area (TPSA) is 84.2 Å². The fourth-order valence-corrected chi connectivity index (χ4v) is 5.18. The number of nitrogens with one attached hydrogen (secondary N) is 1. The maximum Gasteiger partial charge on any atom is 0.235 e. The Kier molecular flexibility index (Phi) is 5.84. The molecule has 1 aliphatic rings. The van der Waals surface area contributed by atoms with Gasteiger partial charge in [0.2, 0.25) is 5.91 Å². The smallest absolute Gasteiger partial charge is 0.235 e. The Hall–Kier alpha value is -2.76. The zero-order chi connectivity index (χ0) is 21.3. The number of nitrogens with zero attached hydrogens (tertiary/aromatic N) is 2. The van der Waals surface area contributed by atoms with Gasteiger partial charge in [-0.2, -0.15) is 5.26 Å². The number of carbonyl (C=O) groups is 1. The van der Waals surface area contributed by atoms with Crippen LogP contribution in [0.4, 0.5) is 5.00 Å². The van der Waals surface area contributed by atoms with Gasteiger partial charge in [0.15, 0.2) is 11.5 Å². The first-order valence-corrected chi connectivity index (χ1v) is 11.5. The molecule has 8 heteroatoms. The third-order valence-corrected chi connectivity index (χ3v) is 7.14. The minimum Gasteiger partial charge on any atom is -0.486 e. The van der Waals surface area contributed by atoms with Crippen molar-refractivity contribution in [3.63, 3.8) is 0 Å². The highest BCUT2D eigenvalue weighted by Crippen LogP contribution is 2.36. The number of fused-ring (bicyclic) bond motifs is 2. The molecule has 2 aromatic heterocycles. The van der Waals surface area contributed by atoms with Gasteiger partial charge < -0.3 is 14.8 Å². The van der Waals surface area contributed by atoms with Crippen LogP contribution in [0.3, 0.4) is 0 Å². The molecule has 0 radical (unpaired) electrons. The number of rotatable bonds is 5. The van der Waals surface area contributed by atoms with Crippen molar-refractivity contribution in [3.8, 4) is 17.6 Å². The van der Waals surface area contributed by atoms with Crippen LogP contribution in [0.5, 0.6) is 11.5 Å². The van der Waals surface area contributed by atoms with Gasteiger partial charge in [0, 0.05) is 16.3 Å². The van der Waals surface area contributed by atoms with Crippen molar-refractivity contribution in [2.24, 2.45) is 0 Å². The number of hydrogen-bond acceptors (Lipinski definition) is 7. The molecule has 3 aromatic rings. The molecule has 4 rings (SSSR count). The van der Waals surface area contributed by atoms with Crippen LogP contribution < -0.4 is 14.8 Å². The minimum absolute atomic E-state index is 0.149. The Bertz CT molecular complexity index is 1180. The van der Waals surface area contributed by atoms with Gasteiger partial charge in [-0.1, -0.05) is 18.7 Å². The molecule has 3 heterocycles. The van der Waals surface area contributed by atoms with Crippen LogP contribution in [-0.4, -0.2) is 29.9 Å². The summed E-state index contributed by atoms with van der Waals surface area (Å²) in [5.74, 6) is 1.51. The van der Waals surface area contributed by atoms with Crippen LogP contribution in [0, 0.1) is 25.2 Å². The number of thiophene rings is 1. The van der Waals surface area contributed by atoms with E-state index in [1.807, 2.05) is 26.0 Å². The molecule has 0 atom stereocenters. The number of thioether (sulfide) groups is 1. The van der Waals surface area contributed by atoms with E-state index in [0.717, 1.165) is 44.1 Å². The van der Waals surface area contributed by atoms with E-state index in [9.17, 15) is 10.1 Å². The zero-order valence-electron chi connectivity index (χ0n) is 17.0. The summed E-state index contributed by atoms with van der Waals surface area (Å²) in [6.07, 6.45) is 0.809. The van der Waals surface area contributed by atoms with Gasteiger partial charge in [0.25, 0.3) is 0 Å². The minimum atomic E-state index is -0.149. The van der Waals surface area contributed by atoms with Crippen LogP contribution in [-0.2, 0) is 11.2 Å². The Labute approximate surface area is 183 Å². The summed E-state index contributed by atoms with van der Waals surface area (Å²) in [4.78, 5) is 18.3. The molecule has 0 unspecified atom stereocenters. The lowest BCUT2D eigenvalue weighted by Gasteiger charge is -2.19. The quantitative estimate of drug-likeness (QED) is 0.572. The molecule has 0 bridgehead atoms. The van der Waals surface area contributed by atoms with Crippen molar-refractivity contribution >= 4 is 44.9 Å². The molecule has 0 saturated carbocycles. The van der Waals surface area contributed by atoms with E-state index in [0.29, 0.717) is 29.5 Å². The lowest BCUT2D eigenvalue weighted by atomic mass is 10.1. The predicted octanol–water partition coefficient (Wildman–Crippen LogP) is 4.85. The number of hydrogen-bond donors (Lipinski definition) is 1. The third-order valence-electron chi connectivity index (χ3n) is 4.99. The molecule has 0 fully saturated rings. The number of amides is 1. The molecule has 1 aliphatic heterocycles. The van der Waals surface area contributed by atoms with Gasteiger partial charge >= 0.3 is 0 Å². The fourth-order valence-electron chi connectivity index (χ4n) is 3.26. The van der Waals surface area contributed by atoms with Crippen LogP contribution in [0.25, 0.3) is 10.9 Å². The normalized spacial score (nSPS) is 12.6. The number of aromatic nitrogens is 1. The van der Waals surface area contributed by atoms with Crippen molar-refractivity contribution in [1.29, 1.82) is 5.26 Å². The number of ether oxygens (including phenoxy) is 2. The van der Waals surface area contributed by atoms with Crippen LogP contribution in [0.2, 0.25) is 0 Å². The molecular formula is C22H21N3O3S2. The van der Waals surface area contributed by atoms with E-state index in [1.165, 1.54) is 23.1 Å². The predicted molar refractivity (Wildman–Crippen MR) is 120 cm³/mol. The first kappa shape index (κ1) is 20.5. The number of aryl methyl sites for hydroxylation is 2. The molecule has 30 heavy (non-hydrogen) atoms. The van der Waals surface area contributed by atoms with E-state index in [1.54, 1.807) is 0 Å². The van der Waals surface area contributed by atoms with E-state index in [-0.39, 0.29) is 11.7 Å². The van der Waals surface area contributed by atoms with Crippen molar-refractivity contribution in [2.45, 2.75) is 32.2 Å². The molecular weight excluding hydrogens is 418 g/mol. The van der Waals surface area contributed by atoms with Gasteiger partial charge in [-0.05, 0) is 43.5 Å². The average Bonchev–Trinajstić information content (AvgIpc) is 3.02. The summed E-state index contributed by atoms with van der Waals surface area (Å²) in [5.41, 5.74) is 3.36. The van der Waals surface area contributed by atoms with Crippen molar-refractivity contribution in [2.75, 3.05) is 24.3 Å². The monoisotopic (exact) mass is 439 g/mol. The summed E-state index contributed by atoms with van der Waals surface area (Å²) >= 11 is 2.84. The lowest BCUT2D eigenvalue weighted by molar-refractivity contribution is -0.113. The summed E-state index contributed by atoms with van der Waals surface area (Å²) in [6, 6.07) is 8.13. The molecule has 154 valence electrons. The maximum atomic E-state index is 12.5. The molecule has 1 aromatic carbocycles. The van der Waals surface area contributed by atoms with Crippen molar-refractivity contribution in [1.82, 2.24) is 4.98 Å². The van der Waals surface area contributed by atoms with E-state index < -0.39 is 0 Å². The number of carbonyl (C=O) groups excluding carboxylic acids is 1. The largest absolute Gasteiger partial charge is 0.486 e. The average molecular weight is 440 g/mol. The van der Waals surface area contributed by atoms with Crippen LogP contribution in [0.1, 0.15) is 28.5 Å². The molecule has 1 N–H and O–H groups in total. The van der Waals surface area contributed by atoms with Crippen LogP contribution in [0.15, 0.2) is 23.2 Å². The number of anilines is 1. The van der Waals surface area contributed by atoms with Crippen LogP contribution >= 0.6 is 23.1 Å².